The third-order valence-electron chi connectivity index (χ3n) is 6.05. The highest BCUT2D eigenvalue weighted by Gasteiger charge is 2.32. The van der Waals surface area contributed by atoms with Gasteiger partial charge in [-0.15, -0.1) is 0 Å². The number of benzene rings is 2. The van der Waals surface area contributed by atoms with Gasteiger partial charge in [0.2, 0.25) is 0 Å². The normalized spacial score (nSPS) is 13.8. The smallest absolute Gasteiger partial charge is 0.320 e. The number of hydrogen-bond acceptors (Lipinski definition) is 8. The molecule has 10 heteroatoms. The number of carbonyl (C=O) groups excluding carboxylic acids is 4. The minimum Gasteiger partial charge on any atom is -0.466 e. The van der Waals surface area contributed by atoms with Crippen LogP contribution in [0.1, 0.15) is 50.7 Å². The first-order chi connectivity index (χ1) is 19.2. The van der Waals surface area contributed by atoms with E-state index in [1.54, 1.807) is 13.8 Å². The maximum atomic E-state index is 12.7. The van der Waals surface area contributed by atoms with Crippen LogP contribution >= 0.6 is 31.9 Å². The van der Waals surface area contributed by atoms with Crippen molar-refractivity contribution in [2.24, 2.45) is 11.8 Å². The predicted molar refractivity (Wildman–Crippen MR) is 157 cm³/mol. The summed E-state index contributed by atoms with van der Waals surface area (Å²) in [4.78, 5) is 49.2. The van der Waals surface area contributed by atoms with Crippen molar-refractivity contribution in [3.63, 3.8) is 0 Å². The molecular formula is C30H36Br2O8. The first-order valence-corrected chi connectivity index (χ1v) is 15.1. The molecule has 0 spiro atoms. The molecule has 0 N–H and O–H groups in total. The molecule has 2 aromatic carbocycles. The van der Waals surface area contributed by atoms with Gasteiger partial charge in [0, 0.05) is 0 Å². The van der Waals surface area contributed by atoms with Gasteiger partial charge in [-0.1, -0.05) is 92.5 Å². The van der Waals surface area contributed by atoms with E-state index in [-0.39, 0.29) is 52.1 Å². The van der Waals surface area contributed by atoms with Gasteiger partial charge in [-0.05, 0) is 50.7 Å². The van der Waals surface area contributed by atoms with Gasteiger partial charge in [-0.3, -0.25) is 19.2 Å². The Bertz CT molecular complexity index is 978. The molecule has 40 heavy (non-hydrogen) atoms. The van der Waals surface area contributed by atoms with E-state index in [2.05, 4.69) is 31.9 Å². The third-order valence-corrected chi connectivity index (χ3v) is 7.54. The van der Waals surface area contributed by atoms with Crippen LogP contribution in [-0.2, 0) is 51.3 Å². The van der Waals surface area contributed by atoms with Crippen molar-refractivity contribution in [3.8, 4) is 0 Å². The third kappa shape index (κ3) is 12.2. The monoisotopic (exact) mass is 682 g/mol. The first kappa shape index (κ1) is 33.5. The molecule has 0 amide bonds. The highest BCUT2D eigenvalue weighted by Crippen LogP contribution is 2.27. The Labute approximate surface area is 252 Å². The molecule has 2 aromatic rings. The van der Waals surface area contributed by atoms with Crippen molar-refractivity contribution in [3.05, 3.63) is 71.8 Å². The Morgan fingerprint density at radius 3 is 1.25 bits per heavy atom. The van der Waals surface area contributed by atoms with Crippen LogP contribution in [-0.4, -0.2) is 46.7 Å². The molecule has 0 fully saturated rings. The van der Waals surface area contributed by atoms with Crippen molar-refractivity contribution in [1.29, 1.82) is 0 Å². The molecule has 0 radical (unpaired) electrons. The van der Waals surface area contributed by atoms with Crippen molar-refractivity contribution in [2.45, 2.75) is 62.4 Å². The number of carbonyl (C=O) groups is 4. The van der Waals surface area contributed by atoms with E-state index in [1.807, 2.05) is 60.7 Å². The van der Waals surface area contributed by atoms with Crippen LogP contribution in [0.3, 0.4) is 0 Å². The van der Waals surface area contributed by atoms with Gasteiger partial charge in [0.15, 0.2) is 0 Å². The Hall–Kier alpha value is -2.72. The van der Waals surface area contributed by atoms with Gasteiger partial charge in [-0.2, -0.15) is 0 Å². The lowest BCUT2D eigenvalue weighted by molar-refractivity contribution is -0.153. The lowest BCUT2D eigenvalue weighted by Crippen LogP contribution is -2.29. The molecule has 8 nitrogen and oxygen atoms in total. The summed E-state index contributed by atoms with van der Waals surface area (Å²) >= 11 is 6.70. The Kier molecular flexibility index (Phi) is 15.6. The fraction of sp³-hybridized carbons (Fsp3) is 0.467. The summed E-state index contributed by atoms with van der Waals surface area (Å²) in [5.41, 5.74) is 1.70. The molecule has 0 aliphatic rings. The number of rotatable bonds is 17. The molecule has 4 atom stereocenters. The van der Waals surface area contributed by atoms with E-state index < -0.39 is 45.4 Å². The fourth-order valence-electron chi connectivity index (χ4n) is 3.92. The van der Waals surface area contributed by atoms with E-state index >= 15 is 0 Å². The summed E-state index contributed by atoms with van der Waals surface area (Å²) < 4.78 is 21.3. The van der Waals surface area contributed by atoms with Crippen LogP contribution in [0.4, 0.5) is 0 Å². The summed E-state index contributed by atoms with van der Waals surface area (Å²) in [6, 6.07) is 18.6. The fourth-order valence-corrected chi connectivity index (χ4v) is 5.08. The summed E-state index contributed by atoms with van der Waals surface area (Å²) in [7, 11) is 0. The van der Waals surface area contributed by atoms with Crippen LogP contribution < -0.4 is 0 Å². The SMILES string of the molecule is CCOC(=O)C(CCC(CC(Br)C(=O)OCc1ccccc1)C(=O)OCC)CC(Br)C(=O)OCc1ccccc1. The number of ether oxygens (including phenoxy) is 4. The van der Waals surface area contributed by atoms with E-state index in [1.165, 1.54) is 0 Å². The van der Waals surface area contributed by atoms with E-state index in [0.717, 1.165) is 11.1 Å². The zero-order valence-corrected chi connectivity index (χ0v) is 25.9. The highest BCUT2D eigenvalue weighted by atomic mass is 79.9. The lowest BCUT2D eigenvalue weighted by atomic mass is 9.90. The summed E-state index contributed by atoms with van der Waals surface area (Å²) in [5, 5.41) is 0. The summed E-state index contributed by atoms with van der Waals surface area (Å²) in [5.74, 6) is -3.29. The summed E-state index contributed by atoms with van der Waals surface area (Å²) in [6.07, 6.45) is 0.738. The highest BCUT2D eigenvalue weighted by molar-refractivity contribution is 9.10. The largest absolute Gasteiger partial charge is 0.466 e. The molecule has 0 aliphatic heterocycles. The predicted octanol–water partition coefficient (Wildman–Crippen LogP) is 5.92. The Morgan fingerprint density at radius 1 is 0.575 bits per heavy atom. The van der Waals surface area contributed by atoms with E-state index in [4.69, 9.17) is 18.9 Å². The molecule has 0 heterocycles. The van der Waals surface area contributed by atoms with Crippen molar-refractivity contribution >= 4 is 55.7 Å². The van der Waals surface area contributed by atoms with Gasteiger partial charge < -0.3 is 18.9 Å². The summed E-state index contributed by atoms with van der Waals surface area (Å²) in [6.45, 7) is 3.99. The Balaban J connectivity index is 1.99. The second-order valence-electron chi connectivity index (χ2n) is 9.07. The van der Waals surface area contributed by atoms with Crippen molar-refractivity contribution < 1.29 is 38.1 Å². The van der Waals surface area contributed by atoms with Crippen LogP contribution in [0, 0.1) is 11.8 Å². The molecule has 4 unspecified atom stereocenters. The molecule has 218 valence electrons. The molecule has 0 bridgehead atoms. The maximum Gasteiger partial charge on any atom is 0.320 e. The number of esters is 4. The van der Waals surface area contributed by atoms with E-state index in [9.17, 15) is 19.2 Å². The zero-order valence-electron chi connectivity index (χ0n) is 22.8. The topological polar surface area (TPSA) is 105 Å². The molecular weight excluding hydrogens is 648 g/mol. The van der Waals surface area contributed by atoms with Crippen LogP contribution in [0.25, 0.3) is 0 Å². The quantitative estimate of drug-likeness (QED) is 0.115. The van der Waals surface area contributed by atoms with Crippen LogP contribution in [0.15, 0.2) is 60.7 Å². The van der Waals surface area contributed by atoms with Crippen LogP contribution in [0.2, 0.25) is 0 Å². The van der Waals surface area contributed by atoms with Gasteiger partial charge in [0.05, 0.1) is 25.0 Å². The number of halogens is 2. The number of alkyl halides is 2. The molecule has 0 aliphatic carbocycles. The first-order valence-electron chi connectivity index (χ1n) is 13.3. The van der Waals surface area contributed by atoms with E-state index in [0.29, 0.717) is 0 Å². The average Bonchev–Trinajstić information content (AvgIpc) is 2.96. The maximum absolute atomic E-state index is 12.7. The van der Waals surface area contributed by atoms with Gasteiger partial charge >= 0.3 is 23.9 Å². The minimum atomic E-state index is -0.747. The van der Waals surface area contributed by atoms with Crippen LogP contribution in [0.5, 0.6) is 0 Å². The molecule has 0 aromatic heterocycles. The molecule has 0 saturated heterocycles. The second-order valence-corrected chi connectivity index (χ2v) is 11.3. The standard InChI is InChI=1S/C30H36Br2O8/c1-3-37-27(33)23(17-25(31)29(35)39-19-21-11-7-5-8-12-21)15-16-24(28(34)38-4-2)18-26(32)30(36)40-20-22-13-9-6-10-14-22/h5-14,23-26H,3-4,15-20H2,1-2H3. The zero-order chi connectivity index (χ0) is 29.3. The van der Waals surface area contributed by atoms with Gasteiger partial charge in [-0.25, -0.2) is 0 Å². The average molecular weight is 684 g/mol. The Morgan fingerprint density at radius 2 is 0.925 bits per heavy atom. The van der Waals surface area contributed by atoms with Gasteiger partial charge in [0.25, 0.3) is 0 Å². The molecule has 0 saturated carbocycles. The second kappa shape index (κ2) is 18.6. The molecule has 2 rings (SSSR count). The van der Waals surface area contributed by atoms with Gasteiger partial charge in [0.1, 0.15) is 22.9 Å². The number of hydrogen-bond donors (Lipinski definition) is 0. The lowest BCUT2D eigenvalue weighted by Gasteiger charge is -2.22. The van der Waals surface area contributed by atoms with Crippen molar-refractivity contribution in [1.82, 2.24) is 0 Å². The minimum absolute atomic E-state index is 0.115. The van der Waals surface area contributed by atoms with Crippen molar-refractivity contribution in [2.75, 3.05) is 13.2 Å².